The van der Waals surface area contributed by atoms with Gasteiger partial charge in [-0.1, -0.05) is 42.5 Å². The van der Waals surface area contributed by atoms with Gasteiger partial charge in [0.15, 0.2) is 0 Å². The molecule has 1 amide bonds. The molecule has 0 saturated heterocycles. The molecular formula is C20H22N2O2. The van der Waals surface area contributed by atoms with Gasteiger partial charge in [0.05, 0.1) is 12.2 Å². The molecule has 0 atom stereocenters. The predicted octanol–water partition coefficient (Wildman–Crippen LogP) is 3.64. The first-order valence-corrected chi connectivity index (χ1v) is 8.17. The van der Waals surface area contributed by atoms with E-state index >= 15 is 0 Å². The number of aromatic nitrogens is 1. The van der Waals surface area contributed by atoms with Gasteiger partial charge in [-0.25, -0.2) is 0 Å². The lowest BCUT2D eigenvalue weighted by atomic mass is 10.1. The second-order valence-electron chi connectivity index (χ2n) is 5.76. The topological polar surface area (TPSA) is 43.3 Å². The van der Waals surface area contributed by atoms with Crippen molar-refractivity contribution in [2.75, 3.05) is 6.61 Å². The number of hydrogen-bond acceptors (Lipinski definition) is 2. The number of rotatable bonds is 6. The third kappa shape index (κ3) is 3.34. The lowest BCUT2D eigenvalue weighted by molar-refractivity contribution is 0.0951. The molecular weight excluding hydrogens is 300 g/mol. The van der Waals surface area contributed by atoms with E-state index in [-0.39, 0.29) is 5.91 Å². The summed E-state index contributed by atoms with van der Waals surface area (Å²) >= 11 is 0. The van der Waals surface area contributed by atoms with Gasteiger partial charge in [0.2, 0.25) is 0 Å². The summed E-state index contributed by atoms with van der Waals surface area (Å²) in [6, 6.07) is 16.0. The summed E-state index contributed by atoms with van der Waals surface area (Å²) < 4.78 is 7.48. The molecule has 24 heavy (non-hydrogen) atoms. The second kappa shape index (κ2) is 7.32. The van der Waals surface area contributed by atoms with Crippen LogP contribution in [0.1, 0.15) is 28.4 Å². The molecule has 0 aliphatic heterocycles. The molecule has 3 rings (SSSR count). The van der Waals surface area contributed by atoms with Crippen LogP contribution in [0.25, 0.3) is 10.9 Å². The molecule has 0 aliphatic rings. The largest absolute Gasteiger partial charge is 0.377 e. The molecule has 0 radical (unpaired) electrons. The summed E-state index contributed by atoms with van der Waals surface area (Å²) in [5, 5.41) is 4.00. The van der Waals surface area contributed by atoms with Crippen molar-refractivity contribution in [2.24, 2.45) is 7.05 Å². The number of carbonyl (C=O) groups excluding carboxylic acids is 1. The molecule has 0 spiro atoms. The molecule has 124 valence electrons. The molecule has 0 bridgehead atoms. The Balaban J connectivity index is 1.76. The molecule has 0 saturated carbocycles. The maximum atomic E-state index is 12.6. The maximum Gasteiger partial charge on any atom is 0.253 e. The summed E-state index contributed by atoms with van der Waals surface area (Å²) in [6.45, 7) is 3.71. The Hall–Kier alpha value is -2.59. The number of para-hydroxylation sites is 1. The van der Waals surface area contributed by atoms with Crippen LogP contribution in [-0.4, -0.2) is 17.1 Å². The number of carbonyl (C=O) groups is 1. The quantitative estimate of drug-likeness (QED) is 0.753. The second-order valence-corrected chi connectivity index (χ2v) is 5.76. The standard InChI is InChI=1S/C20H22N2O2/c1-3-24-14-16-9-5-4-8-15(16)12-21-20(23)18-13-22(2)19-11-7-6-10-17(18)19/h4-11,13H,3,12,14H2,1-2H3,(H,21,23). The highest BCUT2D eigenvalue weighted by atomic mass is 16.5. The molecule has 0 aliphatic carbocycles. The number of nitrogens with one attached hydrogen (secondary N) is 1. The SMILES string of the molecule is CCOCc1ccccc1CNC(=O)c1cn(C)c2ccccc12. The van der Waals surface area contributed by atoms with Gasteiger partial charge < -0.3 is 14.6 Å². The Bertz CT molecular complexity index is 852. The molecule has 1 N–H and O–H groups in total. The molecule has 4 nitrogen and oxygen atoms in total. The summed E-state index contributed by atoms with van der Waals surface area (Å²) in [6.07, 6.45) is 1.88. The summed E-state index contributed by atoms with van der Waals surface area (Å²) in [7, 11) is 1.95. The van der Waals surface area contributed by atoms with Crippen molar-refractivity contribution in [3.05, 3.63) is 71.4 Å². The normalized spacial score (nSPS) is 10.9. The van der Waals surface area contributed by atoms with Gasteiger partial charge in [-0.3, -0.25) is 4.79 Å². The van der Waals surface area contributed by atoms with E-state index in [2.05, 4.69) is 5.32 Å². The number of nitrogens with zero attached hydrogens (tertiary/aromatic N) is 1. The Morgan fingerprint density at radius 1 is 1.08 bits per heavy atom. The van der Waals surface area contributed by atoms with Crippen molar-refractivity contribution in [1.29, 1.82) is 0 Å². The van der Waals surface area contributed by atoms with Crippen LogP contribution in [0.15, 0.2) is 54.7 Å². The highest BCUT2D eigenvalue weighted by Crippen LogP contribution is 2.20. The van der Waals surface area contributed by atoms with Gasteiger partial charge in [0, 0.05) is 37.3 Å². The zero-order valence-corrected chi connectivity index (χ0v) is 14.1. The van der Waals surface area contributed by atoms with Crippen molar-refractivity contribution in [3.8, 4) is 0 Å². The van der Waals surface area contributed by atoms with E-state index in [1.165, 1.54) is 0 Å². The van der Waals surface area contributed by atoms with Gasteiger partial charge in [-0.05, 0) is 24.1 Å². The lowest BCUT2D eigenvalue weighted by Crippen LogP contribution is -2.23. The van der Waals surface area contributed by atoms with E-state index in [1.807, 2.05) is 73.3 Å². The Morgan fingerprint density at radius 2 is 1.79 bits per heavy atom. The van der Waals surface area contributed by atoms with Crippen LogP contribution in [0.2, 0.25) is 0 Å². The van der Waals surface area contributed by atoms with Gasteiger partial charge in [-0.2, -0.15) is 0 Å². The van der Waals surface area contributed by atoms with Crippen molar-refractivity contribution in [3.63, 3.8) is 0 Å². The molecule has 2 aromatic carbocycles. The van der Waals surface area contributed by atoms with Crippen LogP contribution < -0.4 is 5.32 Å². The van der Waals surface area contributed by atoms with E-state index in [9.17, 15) is 4.79 Å². The average molecular weight is 322 g/mol. The van der Waals surface area contributed by atoms with E-state index in [0.717, 1.165) is 22.0 Å². The van der Waals surface area contributed by atoms with Crippen LogP contribution in [-0.2, 0) is 24.9 Å². The molecule has 1 aromatic heterocycles. The molecule has 0 fully saturated rings. The minimum absolute atomic E-state index is 0.0574. The van der Waals surface area contributed by atoms with Gasteiger partial charge in [-0.15, -0.1) is 0 Å². The fourth-order valence-electron chi connectivity index (χ4n) is 2.88. The first-order chi connectivity index (χ1) is 11.7. The molecule has 1 heterocycles. The highest BCUT2D eigenvalue weighted by Gasteiger charge is 2.13. The Kier molecular flexibility index (Phi) is 4.96. The fourth-order valence-corrected chi connectivity index (χ4v) is 2.88. The maximum absolute atomic E-state index is 12.6. The molecule has 3 aromatic rings. The number of fused-ring (bicyclic) bond motifs is 1. The van der Waals surface area contributed by atoms with Crippen molar-refractivity contribution < 1.29 is 9.53 Å². The third-order valence-corrected chi connectivity index (χ3v) is 4.16. The average Bonchev–Trinajstić information content (AvgIpc) is 2.96. The number of ether oxygens (including phenoxy) is 1. The molecule has 0 unspecified atom stereocenters. The fraction of sp³-hybridized carbons (Fsp3) is 0.250. The van der Waals surface area contributed by atoms with E-state index in [1.54, 1.807) is 0 Å². The van der Waals surface area contributed by atoms with Gasteiger partial charge in [0.25, 0.3) is 5.91 Å². The minimum Gasteiger partial charge on any atom is -0.377 e. The number of benzene rings is 2. The zero-order valence-electron chi connectivity index (χ0n) is 14.1. The van der Waals surface area contributed by atoms with E-state index < -0.39 is 0 Å². The smallest absolute Gasteiger partial charge is 0.253 e. The zero-order chi connectivity index (χ0) is 16.9. The van der Waals surface area contributed by atoms with Crippen molar-refractivity contribution >= 4 is 16.8 Å². The van der Waals surface area contributed by atoms with E-state index in [4.69, 9.17) is 4.74 Å². The van der Waals surface area contributed by atoms with Crippen LogP contribution in [0.5, 0.6) is 0 Å². The van der Waals surface area contributed by atoms with Gasteiger partial charge in [0.1, 0.15) is 0 Å². The van der Waals surface area contributed by atoms with Crippen LogP contribution in [0, 0.1) is 0 Å². The summed E-state index contributed by atoms with van der Waals surface area (Å²) in [5.74, 6) is -0.0574. The molecule has 4 heteroatoms. The minimum atomic E-state index is -0.0574. The first kappa shape index (κ1) is 16.3. The monoisotopic (exact) mass is 322 g/mol. The van der Waals surface area contributed by atoms with Crippen LogP contribution in [0.3, 0.4) is 0 Å². The third-order valence-electron chi connectivity index (χ3n) is 4.16. The van der Waals surface area contributed by atoms with E-state index in [0.29, 0.717) is 25.3 Å². The first-order valence-electron chi connectivity index (χ1n) is 8.17. The van der Waals surface area contributed by atoms with Crippen molar-refractivity contribution in [1.82, 2.24) is 9.88 Å². The predicted molar refractivity (Wildman–Crippen MR) is 95.9 cm³/mol. The summed E-state index contributed by atoms with van der Waals surface area (Å²) in [5.41, 5.74) is 3.95. The van der Waals surface area contributed by atoms with Crippen LogP contribution in [0.4, 0.5) is 0 Å². The Morgan fingerprint density at radius 3 is 2.58 bits per heavy atom. The van der Waals surface area contributed by atoms with Crippen LogP contribution >= 0.6 is 0 Å². The summed E-state index contributed by atoms with van der Waals surface area (Å²) in [4.78, 5) is 12.6. The number of amides is 1. The number of aryl methyl sites for hydroxylation is 1. The number of hydrogen-bond donors (Lipinski definition) is 1. The van der Waals surface area contributed by atoms with Crippen molar-refractivity contribution in [2.45, 2.75) is 20.1 Å². The van der Waals surface area contributed by atoms with Gasteiger partial charge >= 0.3 is 0 Å². The Labute approximate surface area is 142 Å². The highest BCUT2D eigenvalue weighted by molar-refractivity contribution is 6.06. The lowest BCUT2D eigenvalue weighted by Gasteiger charge is -2.10.